The number of nitrogens with two attached hydrogens (primary N) is 1. The zero-order chi connectivity index (χ0) is 22.8. The quantitative estimate of drug-likeness (QED) is 0.429. The highest BCUT2D eigenvalue weighted by Crippen LogP contribution is 2.33. The number of nitrogens with one attached hydrogen (secondary N) is 1. The Morgan fingerprint density at radius 1 is 1.25 bits per heavy atom. The predicted molar refractivity (Wildman–Crippen MR) is 123 cm³/mol. The third kappa shape index (κ3) is 4.30. The molecule has 0 saturated heterocycles. The monoisotopic (exact) mass is 433 g/mol. The summed E-state index contributed by atoms with van der Waals surface area (Å²) in [6, 6.07) is 11.7. The number of para-hydroxylation sites is 1. The Hall–Kier alpha value is -3.81. The third-order valence-electron chi connectivity index (χ3n) is 5.20. The second-order valence-corrected chi connectivity index (χ2v) is 8.12. The smallest absolute Gasteiger partial charge is 0.258 e. The number of hydrogen-bond donors (Lipinski definition) is 2. The van der Waals surface area contributed by atoms with Crippen molar-refractivity contribution in [3.63, 3.8) is 0 Å². The van der Waals surface area contributed by atoms with Gasteiger partial charge in [-0.2, -0.15) is 0 Å². The first-order chi connectivity index (χ1) is 15.3. The zero-order valence-electron chi connectivity index (χ0n) is 18.7. The van der Waals surface area contributed by atoms with E-state index in [0.29, 0.717) is 18.0 Å². The van der Waals surface area contributed by atoms with E-state index in [-0.39, 0.29) is 18.6 Å². The van der Waals surface area contributed by atoms with E-state index in [2.05, 4.69) is 15.5 Å². The number of aryl methyl sites for hydroxylation is 2. The summed E-state index contributed by atoms with van der Waals surface area (Å²) in [4.78, 5) is 16.5. The molecule has 3 N–H and O–H groups in total. The molecule has 0 atom stereocenters. The fraction of sp³-hybridized carbons (Fsp3) is 0.292. The van der Waals surface area contributed by atoms with Crippen LogP contribution in [-0.2, 0) is 11.3 Å². The SMILES string of the molecule is Cc1noc(C)c1-c1cc(N)c2ncn(Cc3ccccc3OCC(=O)NC(C)C)c2c1. The van der Waals surface area contributed by atoms with Crippen LogP contribution in [-0.4, -0.2) is 33.3 Å². The molecule has 32 heavy (non-hydrogen) atoms. The van der Waals surface area contributed by atoms with Crippen LogP contribution in [0.15, 0.2) is 47.2 Å². The first-order valence-electron chi connectivity index (χ1n) is 10.5. The molecular formula is C24H27N5O3. The topological polar surface area (TPSA) is 108 Å². The molecule has 8 heteroatoms. The normalized spacial score (nSPS) is 11.3. The Bertz CT molecular complexity index is 1250. The van der Waals surface area contributed by atoms with E-state index in [1.165, 1.54) is 0 Å². The first-order valence-corrected chi connectivity index (χ1v) is 10.5. The van der Waals surface area contributed by atoms with Crippen molar-refractivity contribution in [1.82, 2.24) is 20.0 Å². The van der Waals surface area contributed by atoms with Gasteiger partial charge in [0, 0.05) is 17.2 Å². The fourth-order valence-electron chi connectivity index (χ4n) is 3.82. The van der Waals surface area contributed by atoms with Gasteiger partial charge in [0.05, 0.1) is 29.8 Å². The number of nitrogen functional groups attached to an aromatic ring is 1. The lowest BCUT2D eigenvalue weighted by Crippen LogP contribution is -2.34. The summed E-state index contributed by atoms with van der Waals surface area (Å²) >= 11 is 0. The van der Waals surface area contributed by atoms with Crippen LogP contribution in [0.3, 0.4) is 0 Å². The largest absolute Gasteiger partial charge is 0.483 e. The van der Waals surface area contributed by atoms with Gasteiger partial charge in [-0.3, -0.25) is 4.79 Å². The Morgan fingerprint density at radius 2 is 2.03 bits per heavy atom. The minimum absolute atomic E-state index is 0.0387. The first kappa shape index (κ1) is 21.4. The van der Waals surface area contributed by atoms with Crippen molar-refractivity contribution in [1.29, 1.82) is 0 Å². The van der Waals surface area contributed by atoms with Gasteiger partial charge in [-0.05, 0) is 51.5 Å². The molecule has 8 nitrogen and oxygen atoms in total. The maximum absolute atomic E-state index is 12.0. The van der Waals surface area contributed by atoms with Crippen LogP contribution in [0.5, 0.6) is 5.75 Å². The van der Waals surface area contributed by atoms with Gasteiger partial charge in [0.2, 0.25) is 0 Å². The summed E-state index contributed by atoms with van der Waals surface area (Å²) in [7, 11) is 0. The molecule has 2 aromatic carbocycles. The van der Waals surface area contributed by atoms with E-state index in [1.54, 1.807) is 6.33 Å². The van der Waals surface area contributed by atoms with Crippen LogP contribution >= 0.6 is 0 Å². The maximum Gasteiger partial charge on any atom is 0.258 e. The summed E-state index contributed by atoms with van der Waals surface area (Å²) in [6.45, 7) is 8.10. The number of aromatic nitrogens is 3. The van der Waals surface area contributed by atoms with E-state index < -0.39 is 0 Å². The lowest BCUT2D eigenvalue weighted by molar-refractivity contribution is -0.123. The summed E-state index contributed by atoms with van der Waals surface area (Å²) in [5, 5.41) is 6.89. The number of amides is 1. The number of rotatable bonds is 7. The number of fused-ring (bicyclic) bond motifs is 1. The molecule has 0 unspecified atom stereocenters. The number of benzene rings is 2. The van der Waals surface area contributed by atoms with Crippen molar-refractivity contribution in [2.24, 2.45) is 0 Å². The van der Waals surface area contributed by atoms with E-state index in [4.69, 9.17) is 15.0 Å². The summed E-state index contributed by atoms with van der Waals surface area (Å²) < 4.78 is 13.2. The highest BCUT2D eigenvalue weighted by molar-refractivity contribution is 5.92. The van der Waals surface area contributed by atoms with Crippen molar-refractivity contribution in [2.75, 3.05) is 12.3 Å². The molecule has 2 heterocycles. The number of imidazole rings is 1. The van der Waals surface area contributed by atoms with Crippen molar-refractivity contribution < 1.29 is 14.1 Å². The van der Waals surface area contributed by atoms with Gasteiger partial charge in [0.25, 0.3) is 5.91 Å². The highest BCUT2D eigenvalue weighted by atomic mass is 16.5. The maximum atomic E-state index is 12.0. The lowest BCUT2D eigenvalue weighted by Gasteiger charge is -2.14. The Morgan fingerprint density at radius 3 is 2.75 bits per heavy atom. The van der Waals surface area contributed by atoms with E-state index >= 15 is 0 Å². The van der Waals surface area contributed by atoms with Crippen molar-refractivity contribution in [3.05, 3.63) is 59.7 Å². The van der Waals surface area contributed by atoms with Gasteiger partial charge in [-0.1, -0.05) is 23.4 Å². The number of ether oxygens (including phenoxy) is 1. The lowest BCUT2D eigenvalue weighted by atomic mass is 10.0. The molecule has 2 aromatic heterocycles. The number of nitrogens with zero attached hydrogens (tertiary/aromatic N) is 3. The molecule has 4 rings (SSSR count). The molecular weight excluding hydrogens is 406 g/mol. The predicted octanol–water partition coefficient (Wildman–Crippen LogP) is 3.84. The number of carbonyl (C=O) groups excluding carboxylic acids is 1. The zero-order valence-corrected chi connectivity index (χ0v) is 18.7. The molecule has 166 valence electrons. The number of anilines is 1. The van der Waals surface area contributed by atoms with E-state index in [9.17, 15) is 4.79 Å². The second kappa shape index (κ2) is 8.74. The Balaban J connectivity index is 1.65. The molecule has 0 spiro atoms. The van der Waals surface area contributed by atoms with E-state index in [1.807, 2.05) is 68.7 Å². The van der Waals surface area contributed by atoms with E-state index in [0.717, 1.165) is 39.2 Å². The average molecular weight is 434 g/mol. The second-order valence-electron chi connectivity index (χ2n) is 8.12. The van der Waals surface area contributed by atoms with Gasteiger partial charge < -0.3 is 24.9 Å². The minimum Gasteiger partial charge on any atom is -0.483 e. The molecule has 0 fully saturated rings. The molecule has 0 saturated carbocycles. The number of hydrogen-bond acceptors (Lipinski definition) is 6. The number of carbonyl (C=O) groups is 1. The Kier molecular flexibility index (Phi) is 5.85. The van der Waals surface area contributed by atoms with Gasteiger partial charge in [-0.25, -0.2) is 4.98 Å². The van der Waals surface area contributed by atoms with Crippen LogP contribution in [0.25, 0.3) is 22.2 Å². The standard InChI is InChI=1S/C24H27N5O3/c1-14(2)27-22(30)12-31-21-8-6-5-7-17(21)11-29-13-26-24-19(25)9-18(10-20(24)29)23-15(3)28-32-16(23)4/h5-10,13-14H,11-12,25H2,1-4H3,(H,27,30). The molecule has 1 amide bonds. The summed E-state index contributed by atoms with van der Waals surface area (Å²) in [6.07, 6.45) is 1.76. The molecule has 0 aliphatic heterocycles. The molecule has 0 bridgehead atoms. The van der Waals surface area contributed by atoms with Crippen LogP contribution in [0.4, 0.5) is 5.69 Å². The molecule has 4 aromatic rings. The third-order valence-corrected chi connectivity index (χ3v) is 5.20. The van der Waals surface area contributed by atoms with Crippen molar-refractivity contribution >= 4 is 22.6 Å². The van der Waals surface area contributed by atoms with Gasteiger partial charge in [0.15, 0.2) is 6.61 Å². The van der Waals surface area contributed by atoms with Crippen molar-refractivity contribution in [2.45, 2.75) is 40.3 Å². The summed E-state index contributed by atoms with van der Waals surface area (Å²) in [5.74, 6) is 1.24. The minimum atomic E-state index is -0.153. The summed E-state index contributed by atoms with van der Waals surface area (Å²) in [5.41, 5.74) is 12.2. The van der Waals surface area contributed by atoms with Crippen LogP contribution in [0, 0.1) is 13.8 Å². The van der Waals surface area contributed by atoms with Gasteiger partial charge in [-0.15, -0.1) is 0 Å². The molecule has 0 aliphatic carbocycles. The van der Waals surface area contributed by atoms with Crippen LogP contribution in [0.1, 0.15) is 30.9 Å². The van der Waals surface area contributed by atoms with Gasteiger partial charge in [0.1, 0.15) is 17.0 Å². The Labute approximate surface area is 186 Å². The molecule has 0 aliphatic rings. The highest BCUT2D eigenvalue weighted by Gasteiger charge is 2.16. The van der Waals surface area contributed by atoms with Gasteiger partial charge >= 0.3 is 0 Å². The van der Waals surface area contributed by atoms with Crippen LogP contribution < -0.4 is 15.8 Å². The average Bonchev–Trinajstić information content (AvgIpc) is 3.30. The molecule has 0 radical (unpaired) electrons. The van der Waals surface area contributed by atoms with Crippen molar-refractivity contribution in [3.8, 4) is 16.9 Å². The van der Waals surface area contributed by atoms with Crippen LogP contribution in [0.2, 0.25) is 0 Å². The fourth-order valence-corrected chi connectivity index (χ4v) is 3.82.